The molecule has 164 valence electrons. The third-order valence-electron chi connectivity index (χ3n) is 6.44. The second kappa shape index (κ2) is 7.24. The number of nitrogens with zero attached hydrogens (tertiary/aromatic N) is 1. The van der Waals surface area contributed by atoms with Crippen molar-refractivity contribution in [1.29, 1.82) is 0 Å². The summed E-state index contributed by atoms with van der Waals surface area (Å²) in [6.45, 7) is 1.86. The molecular formula is C23H24FNO5S. The first-order valence-electron chi connectivity index (χ1n) is 10.2. The Hall–Kier alpha value is -2.58. The Balaban J connectivity index is 1.87. The van der Waals surface area contributed by atoms with Crippen LogP contribution < -0.4 is 13.7 Å². The summed E-state index contributed by atoms with van der Waals surface area (Å²) in [5.74, 6) is 0.189. The van der Waals surface area contributed by atoms with Crippen LogP contribution in [0.15, 0.2) is 24.3 Å². The standard InChI is InChI=1S/C23H24FNO5S/c1-28-22-10-17-16-9-21(30-31(3,26)27)20(24)8-15(16)14-7-13-5-4-6-25(13)12-19(14)18(17)11-23(22)29-2/h8-11,13H,4-7,12H2,1-3H3/t13-/m0/s1. The maximum absolute atomic E-state index is 14.9. The summed E-state index contributed by atoms with van der Waals surface area (Å²) in [7, 11) is -0.701. The molecule has 0 bridgehead atoms. The zero-order valence-corrected chi connectivity index (χ0v) is 18.5. The predicted molar refractivity (Wildman–Crippen MR) is 117 cm³/mol. The highest BCUT2D eigenvalue weighted by molar-refractivity contribution is 7.86. The van der Waals surface area contributed by atoms with E-state index in [1.165, 1.54) is 12.1 Å². The molecule has 1 saturated heterocycles. The maximum atomic E-state index is 14.9. The van der Waals surface area contributed by atoms with E-state index in [9.17, 15) is 12.8 Å². The van der Waals surface area contributed by atoms with Crippen molar-refractivity contribution < 1.29 is 26.5 Å². The average molecular weight is 446 g/mol. The SMILES string of the molecule is COc1cc2c3c(c4cc(F)c(OS(C)(=O)=O)cc4c2cc1OC)C[C@@H]1CCCN1C3. The molecule has 2 heterocycles. The Bertz CT molecular complexity index is 1320. The largest absolute Gasteiger partial charge is 0.493 e. The molecule has 0 amide bonds. The molecule has 6 nitrogen and oxygen atoms in total. The van der Waals surface area contributed by atoms with E-state index >= 15 is 0 Å². The fourth-order valence-corrected chi connectivity index (χ4v) is 5.57. The monoisotopic (exact) mass is 445 g/mol. The molecule has 0 saturated carbocycles. The number of fused-ring (bicyclic) bond motifs is 7. The van der Waals surface area contributed by atoms with Gasteiger partial charge in [0.25, 0.3) is 0 Å². The molecule has 0 unspecified atom stereocenters. The molecule has 5 rings (SSSR count). The number of methoxy groups -OCH3 is 2. The van der Waals surface area contributed by atoms with Gasteiger partial charge in [0, 0.05) is 12.6 Å². The van der Waals surface area contributed by atoms with Gasteiger partial charge in [0.1, 0.15) is 0 Å². The fraction of sp³-hybridized carbons (Fsp3) is 0.391. The highest BCUT2D eigenvalue weighted by atomic mass is 32.2. The van der Waals surface area contributed by atoms with Crippen molar-refractivity contribution >= 4 is 31.7 Å². The Morgan fingerprint density at radius 3 is 2.19 bits per heavy atom. The van der Waals surface area contributed by atoms with Gasteiger partial charge in [-0.1, -0.05) is 0 Å². The highest BCUT2D eigenvalue weighted by Crippen LogP contribution is 2.44. The molecule has 1 atom stereocenters. The first kappa shape index (κ1) is 20.3. The van der Waals surface area contributed by atoms with E-state index in [-0.39, 0.29) is 5.75 Å². The Morgan fingerprint density at radius 1 is 0.935 bits per heavy atom. The Morgan fingerprint density at radius 2 is 1.55 bits per heavy atom. The van der Waals surface area contributed by atoms with Gasteiger partial charge in [0.2, 0.25) is 0 Å². The summed E-state index contributed by atoms with van der Waals surface area (Å²) in [5, 5.41) is 3.38. The maximum Gasteiger partial charge on any atom is 0.306 e. The molecule has 0 radical (unpaired) electrons. The summed E-state index contributed by atoms with van der Waals surface area (Å²) in [6.07, 6.45) is 4.03. The second-order valence-electron chi connectivity index (χ2n) is 8.30. The second-order valence-corrected chi connectivity index (χ2v) is 9.87. The summed E-state index contributed by atoms with van der Waals surface area (Å²) in [6, 6.07) is 7.18. The van der Waals surface area contributed by atoms with Gasteiger partial charge in [-0.25, -0.2) is 4.39 Å². The number of halogens is 1. The summed E-state index contributed by atoms with van der Waals surface area (Å²) >= 11 is 0. The first-order valence-corrected chi connectivity index (χ1v) is 12.1. The van der Waals surface area contributed by atoms with Crippen LogP contribution in [0.3, 0.4) is 0 Å². The van der Waals surface area contributed by atoms with E-state index in [0.717, 1.165) is 71.3 Å². The van der Waals surface area contributed by atoms with Gasteiger partial charge in [-0.15, -0.1) is 0 Å². The summed E-state index contributed by atoms with van der Waals surface area (Å²) in [4.78, 5) is 2.49. The van der Waals surface area contributed by atoms with Crippen molar-refractivity contribution in [2.45, 2.75) is 31.8 Å². The molecule has 8 heteroatoms. The van der Waals surface area contributed by atoms with Crippen LogP contribution in [-0.2, 0) is 23.1 Å². The van der Waals surface area contributed by atoms with Gasteiger partial charge < -0.3 is 13.7 Å². The topological polar surface area (TPSA) is 65.1 Å². The third kappa shape index (κ3) is 3.38. The molecule has 3 aromatic rings. The molecule has 2 aliphatic rings. The average Bonchev–Trinajstić information content (AvgIpc) is 3.19. The minimum atomic E-state index is -3.87. The van der Waals surface area contributed by atoms with Crippen molar-refractivity contribution in [2.24, 2.45) is 0 Å². The summed E-state index contributed by atoms with van der Waals surface area (Å²) < 4.78 is 54.2. The van der Waals surface area contributed by atoms with E-state index in [2.05, 4.69) is 4.90 Å². The first-order chi connectivity index (χ1) is 14.8. The van der Waals surface area contributed by atoms with Crippen molar-refractivity contribution in [3.05, 3.63) is 41.2 Å². The number of hydrogen-bond donors (Lipinski definition) is 0. The lowest BCUT2D eigenvalue weighted by molar-refractivity contribution is 0.229. The van der Waals surface area contributed by atoms with Gasteiger partial charge in [-0.2, -0.15) is 8.42 Å². The van der Waals surface area contributed by atoms with Crippen molar-refractivity contribution in [1.82, 2.24) is 4.90 Å². The van der Waals surface area contributed by atoms with Crippen molar-refractivity contribution in [3.8, 4) is 17.2 Å². The lowest BCUT2D eigenvalue weighted by Gasteiger charge is -2.33. The van der Waals surface area contributed by atoms with Crippen molar-refractivity contribution in [2.75, 3.05) is 27.0 Å². The number of ether oxygens (including phenoxy) is 2. The predicted octanol–water partition coefficient (Wildman–Crippen LogP) is 4.01. The highest BCUT2D eigenvalue weighted by Gasteiger charge is 2.33. The van der Waals surface area contributed by atoms with Crippen LogP contribution in [-0.4, -0.2) is 46.4 Å². The zero-order chi connectivity index (χ0) is 21.9. The smallest absolute Gasteiger partial charge is 0.306 e. The van der Waals surface area contributed by atoms with E-state index in [1.807, 2.05) is 12.1 Å². The van der Waals surface area contributed by atoms with Gasteiger partial charge >= 0.3 is 10.1 Å². The minimum Gasteiger partial charge on any atom is -0.493 e. The van der Waals surface area contributed by atoms with Gasteiger partial charge in [0.15, 0.2) is 23.1 Å². The number of benzene rings is 3. The van der Waals surface area contributed by atoms with E-state index in [0.29, 0.717) is 17.5 Å². The van der Waals surface area contributed by atoms with Crippen LogP contribution >= 0.6 is 0 Å². The number of hydrogen-bond acceptors (Lipinski definition) is 6. The molecule has 1 fully saturated rings. The van der Waals surface area contributed by atoms with E-state index in [4.69, 9.17) is 13.7 Å². The molecule has 2 aliphatic heterocycles. The zero-order valence-electron chi connectivity index (χ0n) is 17.7. The van der Waals surface area contributed by atoms with Crippen LogP contribution in [0.25, 0.3) is 21.5 Å². The van der Waals surface area contributed by atoms with Gasteiger partial charge in [-0.05, 0) is 82.7 Å². The summed E-state index contributed by atoms with van der Waals surface area (Å²) in [5.41, 5.74) is 2.28. The third-order valence-corrected chi connectivity index (χ3v) is 6.92. The van der Waals surface area contributed by atoms with E-state index in [1.54, 1.807) is 14.2 Å². The lowest BCUT2D eigenvalue weighted by atomic mass is 9.85. The van der Waals surface area contributed by atoms with Gasteiger partial charge in [-0.3, -0.25) is 4.90 Å². The molecular weight excluding hydrogens is 421 g/mol. The number of rotatable bonds is 4. The van der Waals surface area contributed by atoms with Crippen molar-refractivity contribution in [3.63, 3.8) is 0 Å². The Kier molecular flexibility index (Phi) is 4.75. The van der Waals surface area contributed by atoms with Crippen LogP contribution in [0.2, 0.25) is 0 Å². The molecule has 0 spiro atoms. The molecule has 3 aromatic carbocycles. The van der Waals surface area contributed by atoms with Crippen LogP contribution in [0.4, 0.5) is 4.39 Å². The van der Waals surface area contributed by atoms with Crippen LogP contribution in [0.1, 0.15) is 24.0 Å². The normalized spacial score (nSPS) is 18.8. The molecule has 0 aliphatic carbocycles. The van der Waals surface area contributed by atoms with Crippen LogP contribution in [0, 0.1) is 5.82 Å². The van der Waals surface area contributed by atoms with E-state index < -0.39 is 15.9 Å². The van der Waals surface area contributed by atoms with Gasteiger partial charge in [0.05, 0.1) is 20.5 Å². The molecule has 31 heavy (non-hydrogen) atoms. The molecule has 0 aromatic heterocycles. The quantitative estimate of drug-likeness (QED) is 0.447. The minimum absolute atomic E-state index is 0.302. The lowest BCUT2D eigenvalue weighted by Crippen LogP contribution is -2.35. The molecule has 0 N–H and O–H groups in total. The van der Waals surface area contributed by atoms with Crippen LogP contribution in [0.5, 0.6) is 17.2 Å². The fourth-order valence-electron chi connectivity index (χ4n) is 5.12. The Labute approximate surface area is 180 Å².